The van der Waals surface area contributed by atoms with Crippen molar-refractivity contribution in [3.05, 3.63) is 58.8 Å². The largest absolute Gasteiger partial charge is 0.280 e. The highest BCUT2D eigenvalue weighted by atomic mass is 35.5. The Morgan fingerprint density at radius 3 is 2.43 bits per heavy atom. The van der Waals surface area contributed by atoms with E-state index in [1.807, 2.05) is 0 Å². The number of aromatic nitrogens is 4. The maximum Gasteiger partial charge on any atom is 0.263 e. The number of rotatable bonds is 4. The maximum atomic E-state index is 12.4. The number of nitrogens with one attached hydrogen (secondary N) is 1. The van der Waals surface area contributed by atoms with Gasteiger partial charge < -0.3 is 0 Å². The second kappa shape index (κ2) is 6.15. The number of tetrazole rings is 1. The van der Waals surface area contributed by atoms with Crippen LogP contribution < -0.4 is 4.72 Å². The summed E-state index contributed by atoms with van der Waals surface area (Å²) < 4.78 is 28.7. The molecule has 1 aromatic heterocycles. The molecule has 3 rings (SSSR count). The van der Waals surface area contributed by atoms with E-state index in [4.69, 9.17) is 23.2 Å². The van der Waals surface area contributed by atoms with Gasteiger partial charge in [-0.25, -0.2) is 13.1 Å². The van der Waals surface area contributed by atoms with Crippen molar-refractivity contribution in [2.75, 3.05) is 4.72 Å². The third-order valence-electron chi connectivity index (χ3n) is 2.92. The van der Waals surface area contributed by atoms with E-state index < -0.39 is 10.0 Å². The SMILES string of the molecule is O=S(=O)(Nc1ccc(-n2cnnn2)cc1)c1cc(Cl)ccc1Cl. The molecular formula is C13H9Cl2N5O2S. The van der Waals surface area contributed by atoms with Crippen LogP contribution in [0.5, 0.6) is 0 Å². The molecule has 0 unspecified atom stereocenters. The van der Waals surface area contributed by atoms with Gasteiger partial charge in [0.05, 0.1) is 10.7 Å². The number of nitrogens with zero attached hydrogens (tertiary/aromatic N) is 4. The van der Waals surface area contributed by atoms with Crippen LogP contribution in [0.4, 0.5) is 5.69 Å². The molecule has 0 aliphatic carbocycles. The Labute approximate surface area is 141 Å². The maximum absolute atomic E-state index is 12.4. The van der Waals surface area contributed by atoms with E-state index in [-0.39, 0.29) is 14.9 Å². The molecule has 0 spiro atoms. The van der Waals surface area contributed by atoms with Crippen molar-refractivity contribution in [1.29, 1.82) is 0 Å². The van der Waals surface area contributed by atoms with Gasteiger partial charge in [0.25, 0.3) is 10.0 Å². The Kier molecular flexibility index (Phi) is 4.20. The van der Waals surface area contributed by atoms with Crippen molar-refractivity contribution in [1.82, 2.24) is 20.2 Å². The zero-order valence-electron chi connectivity index (χ0n) is 11.4. The molecule has 1 N–H and O–H groups in total. The van der Waals surface area contributed by atoms with Crippen LogP contribution in [-0.4, -0.2) is 28.6 Å². The van der Waals surface area contributed by atoms with Gasteiger partial charge in [0.2, 0.25) is 0 Å². The van der Waals surface area contributed by atoms with Crippen LogP contribution in [0.3, 0.4) is 0 Å². The first kappa shape index (κ1) is 15.7. The molecular weight excluding hydrogens is 361 g/mol. The molecule has 2 aromatic carbocycles. The molecule has 0 aliphatic rings. The fourth-order valence-corrected chi connectivity index (χ4v) is 3.68. The number of benzene rings is 2. The summed E-state index contributed by atoms with van der Waals surface area (Å²) in [5.74, 6) is 0. The topological polar surface area (TPSA) is 89.8 Å². The molecule has 1 heterocycles. The third kappa shape index (κ3) is 3.44. The lowest BCUT2D eigenvalue weighted by Crippen LogP contribution is -2.13. The summed E-state index contributed by atoms with van der Waals surface area (Å²) in [6, 6.07) is 10.8. The van der Waals surface area contributed by atoms with E-state index >= 15 is 0 Å². The summed E-state index contributed by atoms with van der Waals surface area (Å²) in [5.41, 5.74) is 1.07. The van der Waals surface area contributed by atoms with E-state index in [1.165, 1.54) is 29.2 Å². The monoisotopic (exact) mass is 369 g/mol. The second-order valence-corrected chi connectivity index (χ2v) is 6.98. The summed E-state index contributed by atoms with van der Waals surface area (Å²) >= 11 is 11.8. The minimum absolute atomic E-state index is 0.0868. The first-order chi connectivity index (χ1) is 11.0. The van der Waals surface area contributed by atoms with Gasteiger partial charge in [-0.2, -0.15) is 0 Å². The van der Waals surface area contributed by atoms with E-state index in [2.05, 4.69) is 20.2 Å². The van der Waals surface area contributed by atoms with Gasteiger partial charge in [0.15, 0.2) is 0 Å². The molecule has 0 amide bonds. The average molecular weight is 370 g/mol. The Balaban J connectivity index is 1.87. The molecule has 23 heavy (non-hydrogen) atoms. The van der Waals surface area contributed by atoms with Gasteiger partial charge in [0.1, 0.15) is 11.2 Å². The van der Waals surface area contributed by atoms with E-state index in [9.17, 15) is 8.42 Å². The third-order valence-corrected chi connectivity index (χ3v) is 5.01. The van der Waals surface area contributed by atoms with Crippen LogP contribution in [0.2, 0.25) is 10.0 Å². The highest BCUT2D eigenvalue weighted by Crippen LogP contribution is 2.27. The quantitative estimate of drug-likeness (QED) is 0.763. The van der Waals surface area contributed by atoms with Crippen molar-refractivity contribution in [2.24, 2.45) is 0 Å². The minimum Gasteiger partial charge on any atom is -0.280 e. The molecule has 0 fully saturated rings. The highest BCUT2D eigenvalue weighted by Gasteiger charge is 2.18. The molecule has 0 bridgehead atoms. The van der Waals surface area contributed by atoms with Crippen LogP contribution in [0.25, 0.3) is 5.69 Å². The molecule has 10 heteroatoms. The van der Waals surface area contributed by atoms with Crippen LogP contribution in [0.15, 0.2) is 53.7 Å². The number of hydrogen-bond donors (Lipinski definition) is 1. The molecule has 0 saturated carbocycles. The average Bonchev–Trinajstić information content (AvgIpc) is 3.04. The van der Waals surface area contributed by atoms with Crippen molar-refractivity contribution in [2.45, 2.75) is 4.90 Å². The number of anilines is 1. The zero-order valence-corrected chi connectivity index (χ0v) is 13.7. The molecule has 118 valence electrons. The predicted octanol–water partition coefficient (Wildman–Crippen LogP) is 2.77. The van der Waals surface area contributed by atoms with Gasteiger partial charge in [0, 0.05) is 10.7 Å². The highest BCUT2D eigenvalue weighted by molar-refractivity contribution is 7.92. The van der Waals surface area contributed by atoms with Crippen LogP contribution >= 0.6 is 23.2 Å². The Morgan fingerprint density at radius 2 is 1.78 bits per heavy atom. The van der Waals surface area contributed by atoms with E-state index in [1.54, 1.807) is 24.3 Å². The summed E-state index contributed by atoms with van der Waals surface area (Å²) in [7, 11) is -3.85. The zero-order chi connectivity index (χ0) is 16.4. The summed E-state index contributed by atoms with van der Waals surface area (Å²) in [5, 5.41) is 11.2. The Bertz CT molecular complexity index is 928. The smallest absolute Gasteiger partial charge is 0.263 e. The van der Waals surface area contributed by atoms with Gasteiger partial charge in [-0.05, 0) is 52.9 Å². The fraction of sp³-hybridized carbons (Fsp3) is 0. The lowest BCUT2D eigenvalue weighted by atomic mass is 10.3. The van der Waals surface area contributed by atoms with Gasteiger partial charge in [-0.3, -0.25) is 4.72 Å². The van der Waals surface area contributed by atoms with Crippen LogP contribution in [0.1, 0.15) is 0 Å². The second-order valence-electron chi connectivity index (χ2n) is 4.48. The molecule has 0 aliphatic heterocycles. The van der Waals surface area contributed by atoms with E-state index in [0.717, 1.165) is 0 Å². The Hall–Kier alpha value is -2.16. The molecule has 7 nitrogen and oxygen atoms in total. The minimum atomic E-state index is -3.85. The molecule has 0 saturated heterocycles. The van der Waals surface area contributed by atoms with E-state index in [0.29, 0.717) is 11.4 Å². The molecule has 0 atom stereocenters. The summed E-state index contributed by atoms with van der Waals surface area (Å²) in [6.07, 6.45) is 1.44. The van der Waals surface area contributed by atoms with Gasteiger partial charge in [-0.15, -0.1) is 5.10 Å². The van der Waals surface area contributed by atoms with Gasteiger partial charge in [-0.1, -0.05) is 23.2 Å². The normalized spacial score (nSPS) is 11.4. The standard InChI is InChI=1S/C13H9Cl2N5O2S/c14-9-1-6-12(15)13(7-9)23(21,22)17-10-2-4-11(5-3-10)20-8-16-18-19-20/h1-8,17H. The first-order valence-corrected chi connectivity index (χ1v) is 8.51. The fourth-order valence-electron chi connectivity index (χ4n) is 1.86. The van der Waals surface area contributed by atoms with Crippen LogP contribution in [-0.2, 0) is 10.0 Å². The lowest BCUT2D eigenvalue weighted by molar-refractivity contribution is 0.601. The Morgan fingerprint density at radius 1 is 1.04 bits per heavy atom. The number of halogens is 2. The number of sulfonamides is 1. The van der Waals surface area contributed by atoms with Crippen LogP contribution in [0, 0.1) is 0 Å². The predicted molar refractivity (Wildman–Crippen MR) is 86.4 cm³/mol. The summed E-state index contributed by atoms with van der Waals surface area (Å²) in [6.45, 7) is 0. The summed E-state index contributed by atoms with van der Waals surface area (Å²) in [4.78, 5) is -0.0868. The molecule has 0 radical (unpaired) electrons. The van der Waals surface area contributed by atoms with Gasteiger partial charge >= 0.3 is 0 Å². The molecule has 3 aromatic rings. The van der Waals surface area contributed by atoms with Crippen molar-refractivity contribution in [3.63, 3.8) is 0 Å². The number of hydrogen-bond acceptors (Lipinski definition) is 5. The lowest BCUT2D eigenvalue weighted by Gasteiger charge is -2.10. The van der Waals surface area contributed by atoms with Crippen molar-refractivity contribution >= 4 is 38.9 Å². The van der Waals surface area contributed by atoms with Crippen molar-refractivity contribution < 1.29 is 8.42 Å². The first-order valence-electron chi connectivity index (χ1n) is 6.27. The van der Waals surface area contributed by atoms with Crippen molar-refractivity contribution in [3.8, 4) is 5.69 Å².